The summed E-state index contributed by atoms with van der Waals surface area (Å²) in [6.45, 7) is 7.39. The lowest BCUT2D eigenvalue weighted by molar-refractivity contribution is 0.355. The maximum Gasteiger partial charge on any atom is 0.332 e. The molecule has 8 heteroatoms. The third-order valence-electron chi connectivity index (χ3n) is 5.19. The van der Waals surface area contributed by atoms with Crippen molar-refractivity contribution in [1.82, 2.24) is 18.7 Å². The van der Waals surface area contributed by atoms with Crippen LogP contribution in [0.1, 0.15) is 45.0 Å². The molecule has 0 aliphatic carbocycles. The molecule has 0 unspecified atom stereocenters. The minimum atomic E-state index is -0.294. The van der Waals surface area contributed by atoms with E-state index >= 15 is 0 Å². The van der Waals surface area contributed by atoms with Crippen LogP contribution in [0.3, 0.4) is 0 Å². The lowest BCUT2D eigenvalue weighted by atomic mass is 10.2. The van der Waals surface area contributed by atoms with E-state index in [-0.39, 0.29) is 11.2 Å². The van der Waals surface area contributed by atoms with Crippen molar-refractivity contribution in [3.8, 4) is 11.5 Å². The zero-order chi connectivity index (χ0) is 22.5. The molecule has 0 atom stereocenters. The smallest absolute Gasteiger partial charge is 0.332 e. The van der Waals surface area contributed by atoms with Gasteiger partial charge in [-0.05, 0) is 43.5 Å². The van der Waals surface area contributed by atoms with Crippen LogP contribution in [0.15, 0.2) is 27.8 Å². The second kappa shape index (κ2) is 9.68. The van der Waals surface area contributed by atoms with Crippen molar-refractivity contribution in [3.63, 3.8) is 0 Å². The first-order valence-electron chi connectivity index (χ1n) is 10.6. The molecule has 2 heterocycles. The fourth-order valence-corrected chi connectivity index (χ4v) is 3.73. The molecular weight excluding hydrogens is 396 g/mol. The number of benzene rings is 1. The van der Waals surface area contributed by atoms with Crippen molar-refractivity contribution in [2.75, 3.05) is 14.2 Å². The molecule has 0 amide bonds. The molecule has 0 saturated carbocycles. The third kappa shape index (κ3) is 4.15. The number of aromatic nitrogens is 4. The Morgan fingerprint density at radius 1 is 0.903 bits per heavy atom. The maximum absolute atomic E-state index is 13.2. The van der Waals surface area contributed by atoms with Gasteiger partial charge in [-0.3, -0.25) is 13.9 Å². The number of imidazole rings is 1. The van der Waals surface area contributed by atoms with Crippen molar-refractivity contribution >= 4 is 23.3 Å². The third-order valence-corrected chi connectivity index (χ3v) is 5.19. The van der Waals surface area contributed by atoms with Crippen LogP contribution in [0.4, 0.5) is 0 Å². The first-order valence-corrected chi connectivity index (χ1v) is 10.6. The molecule has 166 valence electrons. The van der Waals surface area contributed by atoms with Gasteiger partial charge in [0, 0.05) is 19.6 Å². The van der Waals surface area contributed by atoms with Gasteiger partial charge in [-0.15, -0.1) is 0 Å². The van der Waals surface area contributed by atoms with Crippen LogP contribution < -0.4 is 20.7 Å². The number of hydrogen-bond donors (Lipinski definition) is 0. The largest absolute Gasteiger partial charge is 0.493 e. The normalized spacial score (nSPS) is 11.5. The predicted octanol–water partition coefficient (Wildman–Crippen LogP) is 3.39. The first-order chi connectivity index (χ1) is 15.0. The molecular formula is C23H30N4O4. The number of aryl methyl sites for hydroxylation is 2. The van der Waals surface area contributed by atoms with Crippen LogP contribution >= 0.6 is 0 Å². The second-order valence-corrected chi connectivity index (χ2v) is 7.23. The van der Waals surface area contributed by atoms with Gasteiger partial charge in [-0.2, -0.15) is 0 Å². The van der Waals surface area contributed by atoms with E-state index in [9.17, 15) is 9.59 Å². The Morgan fingerprint density at radius 2 is 1.58 bits per heavy atom. The molecule has 1 aromatic carbocycles. The number of methoxy groups -OCH3 is 2. The molecule has 3 aromatic rings. The average Bonchev–Trinajstić information content (AvgIpc) is 3.16. The van der Waals surface area contributed by atoms with Gasteiger partial charge in [0.25, 0.3) is 5.56 Å². The van der Waals surface area contributed by atoms with Crippen molar-refractivity contribution in [2.24, 2.45) is 0 Å². The van der Waals surface area contributed by atoms with Gasteiger partial charge in [0.2, 0.25) is 0 Å². The van der Waals surface area contributed by atoms with E-state index in [0.717, 1.165) is 12.0 Å². The highest BCUT2D eigenvalue weighted by Gasteiger charge is 2.19. The number of rotatable bonds is 9. The van der Waals surface area contributed by atoms with Gasteiger partial charge >= 0.3 is 5.69 Å². The van der Waals surface area contributed by atoms with Crippen LogP contribution in [0.5, 0.6) is 11.5 Å². The van der Waals surface area contributed by atoms with Gasteiger partial charge in [0.1, 0.15) is 5.82 Å². The molecule has 31 heavy (non-hydrogen) atoms. The van der Waals surface area contributed by atoms with Crippen molar-refractivity contribution < 1.29 is 9.47 Å². The van der Waals surface area contributed by atoms with Crippen LogP contribution in [-0.2, 0) is 19.6 Å². The average molecular weight is 427 g/mol. The van der Waals surface area contributed by atoms with E-state index in [0.29, 0.717) is 54.5 Å². The van der Waals surface area contributed by atoms with Crippen molar-refractivity contribution in [1.29, 1.82) is 0 Å². The zero-order valence-corrected chi connectivity index (χ0v) is 18.8. The van der Waals surface area contributed by atoms with Gasteiger partial charge in [0.15, 0.2) is 22.7 Å². The molecule has 0 saturated heterocycles. The highest BCUT2D eigenvalue weighted by Crippen LogP contribution is 2.28. The molecule has 0 spiro atoms. The summed E-state index contributed by atoms with van der Waals surface area (Å²) in [4.78, 5) is 30.8. The summed E-state index contributed by atoms with van der Waals surface area (Å²) in [6.07, 6.45) is 5.24. The monoisotopic (exact) mass is 426 g/mol. The van der Waals surface area contributed by atoms with E-state index in [1.165, 1.54) is 4.57 Å². The molecule has 3 rings (SSSR count). The zero-order valence-electron chi connectivity index (χ0n) is 18.8. The van der Waals surface area contributed by atoms with Crippen LogP contribution in [0, 0.1) is 0 Å². The van der Waals surface area contributed by atoms with E-state index in [2.05, 4.69) is 4.98 Å². The van der Waals surface area contributed by atoms with Gasteiger partial charge in [-0.25, -0.2) is 9.78 Å². The number of fused-ring (bicyclic) bond motifs is 1. The first kappa shape index (κ1) is 22.4. The van der Waals surface area contributed by atoms with Gasteiger partial charge in [-0.1, -0.05) is 26.0 Å². The Labute approximate surface area is 181 Å². The molecule has 0 bridgehead atoms. The highest BCUT2D eigenvalue weighted by molar-refractivity contribution is 5.77. The Morgan fingerprint density at radius 3 is 2.19 bits per heavy atom. The summed E-state index contributed by atoms with van der Waals surface area (Å²) in [5, 5.41) is 0. The van der Waals surface area contributed by atoms with Crippen molar-refractivity contribution in [2.45, 2.75) is 53.2 Å². The number of hydrogen-bond acceptors (Lipinski definition) is 5. The Balaban J connectivity index is 2.19. The van der Waals surface area contributed by atoms with E-state index in [4.69, 9.17) is 9.47 Å². The van der Waals surface area contributed by atoms with E-state index < -0.39 is 0 Å². The number of nitrogens with zero attached hydrogens (tertiary/aromatic N) is 4. The van der Waals surface area contributed by atoms with Crippen molar-refractivity contribution in [3.05, 3.63) is 50.4 Å². The maximum atomic E-state index is 13.2. The summed E-state index contributed by atoms with van der Waals surface area (Å²) in [5.41, 5.74) is 1.24. The summed E-state index contributed by atoms with van der Waals surface area (Å²) < 4.78 is 15.5. The lowest BCUT2D eigenvalue weighted by Crippen LogP contribution is -2.40. The molecule has 8 nitrogen and oxygen atoms in total. The molecule has 0 N–H and O–H groups in total. The van der Waals surface area contributed by atoms with Crippen LogP contribution in [-0.4, -0.2) is 32.9 Å². The number of ether oxygens (including phenoxy) is 2. The minimum Gasteiger partial charge on any atom is -0.493 e. The SMILES string of the molecule is CCCn1c(=O)c2c(nc(/C=C/c3ccc(OC)c(OC)c3)n2CC)n(CCC)c1=O. The summed E-state index contributed by atoms with van der Waals surface area (Å²) in [6, 6.07) is 5.62. The highest BCUT2D eigenvalue weighted by atomic mass is 16.5. The summed E-state index contributed by atoms with van der Waals surface area (Å²) in [5.74, 6) is 1.91. The molecule has 0 fully saturated rings. The fourth-order valence-electron chi connectivity index (χ4n) is 3.73. The predicted molar refractivity (Wildman–Crippen MR) is 123 cm³/mol. The van der Waals surface area contributed by atoms with Crippen LogP contribution in [0.25, 0.3) is 23.3 Å². The Kier molecular flexibility index (Phi) is 6.99. The molecule has 0 radical (unpaired) electrons. The van der Waals surface area contributed by atoms with Gasteiger partial charge < -0.3 is 14.0 Å². The fraction of sp³-hybridized carbons (Fsp3) is 0.435. The molecule has 0 aliphatic rings. The quantitative estimate of drug-likeness (QED) is 0.524. The molecule has 0 aliphatic heterocycles. The van der Waals surface area contributed by atoms with E-state index in [1.54, 1.807) is 18.8 Å². The van der Waals surface area contributed by atoms with E-state index in [1.807, 2.05) is 55.7 Å². The second-order valence-electron chi connectivity index (χ2n) is 7.23. The summed E-state index contributed by atoms with van der Waals surface area (Å²) in [7, 11) is 3.19. The topological polar surface area (TPSA) is 80.3 Å². The lowest BCUT2D eigenvalue weighted by Gasteiger charge is -2.10. The Bertz CT molecular complexity index is 1220. The molecule has 2 aromatic heterocycles. The minimum absolute atomic E-state index is 0.283. The Hall–Kier alpha value is -3.29. The standard InChI is InChI=1S/C23H30N4O4/c1-6-13-26-21-20(22(28)27(14-7-2)23(26)29)25(8-3)19(24-21)12-10-16-9-11-17(30-4)18(15-16)31-5/h9-12,15H,6-8,13-14H2,1-5H3/b12-10+. The van der Waals surface area contributed by atoms with Crippen LogP contribution in [0.2, 0.25) is 0 Å². The van der Waals surface area contributed by atoms with Gasteiger partial charge in [0.05, 0.1) is 14.2 Å². The summed E-state index contributed by atoms with van der Waals surface area (Å²) >= 11 is 0.